The molecule has 0 unspecified atom stereocenters. The first kappa shape index (κ1) is 60.2. The van der Waals surface area contributed by atoms with Crippen LogP contribution in [0.4, 0.5) is 0 Å². The molecule has 0 heterocycles. The zero-order valence-electron chi connectivity index (χ0n) is 49.9. The van der Waals surface area contributed by atoms with Crippen molar-refractivity contribution in [3.05, 3.63) is 116 Å². The van der Waals surface area contributed by atoms with E-state index in [1.165, 1.54) is 55.6 Å². The van der Waals surface area contributed by atoms with Gasteiger partial charge in [0, 0.05) is 33.4 Å². The fraction of sp³-hybridized carbons (Fsp3) is 0.613. The predicted molar refractivity (Wildman–Crippen MR) is 299 cm³/mol. The molecule has 4 aromatic carbocycles. The summed E-state index contributed by atoms with van der Waals surface area (Å²) in [5.41, 5.74) is 13.1. The maximum Gasteiger partial charge on any atom is 0.131 e. The van der Waals surface area contributed by atoms with Crippen LogP contribution in [0.25, 0.3) is 0 Å². The molecule has 0 aromatic heterocycles. The number of likely N-dealkylation sites (N-methyl/N-ethyl adjacent to an activating group) is 4. The van der Waals surface area contributed by atoms with E-state index in [0.717, 1.165) is 93.3 Å². The first-order chi connectivity index (χ1) is 31.8. The molecule has 70 heavy (non-hydrogen) atoms. The number of aryl methyl sites for hydroxylation is 2. The van der Waals surface area contributed by atoms with Crippen LogP contribution >= 0.6 is 0 Å². The van der Waals surface area contributed by atoms with E-state index in [1.807, 2.05) is 14.2 Å². The minimum Gasteiger partial charge on any atom is -0.496 e. The summed E-state index contributed by atoms with van der Waals surface area (Å²) in [5, 5.41) is 0. The first-order valence-electron chi connectivity index (χ1n) is 25.8. The van der Waals surface area contributed by atoms with Crippen LogP contribution in [0.2, 0.25) is 0 Å². The SMILES string of the molecule is COc1c(C)cccc1C[N+](C)(C)CC[N+](C)(C)Cc1cccc(C)c1OC.COc1c(C[N+](C)(C)CC[N+](C)(C)Cc2cc(C(C)(C)C)cc(C(C)(C)C)c2OC)cc(C(C)(C)C)cc1C(C)(C)C. The maximum absolute atomic E-state index is 6.12. The molecule has 0 aliphatic carbocycles. The Morgan fingerprint density at radius 1 is 0.343 bits per heavy atom. The van der Waals surface area contributed by atoms with Gasteiger partial charge in [0.2, 0.25) is 0 Å². The van der Waals surface area contributed by atoms with E-state index in [2.05, 4.69) is 214 Å². The molecule has 4 rings (SSSR count). The molecule has 4 aromatic rings. The first-order valence-corrected chi connectivity index (χ1v) is 25.8. The lowest BCUT2D eigenvalue weighted by molar-refractivity contribution is -0.958. The predicted octanol–water partition coefficient (Wildman–Crippen LogP) is 12.9. The number of hydrogen-bond donors (Lipinski definition) is 0. The van der Waals surface area contributed by atoms with E-state index in [-0.39, 0.29) is 21.7 Å². The van der Waals surface area contributed by atoms with E-state index in [9.17, 15) is 0 Å². The van der Waals surface area contributed by atoms with Gasteiger partial charge in [-0.05, 0) is 82.0 Å². The largest absolute Gasteiger partial charge is 0.496 e. The summed E-state index contributed by atoms with van der Waals surface area (Å²) < 4.78 is 27.2. The maximum atomic E-state index is 6.12. The number of quaternary nitrogens is 4. The molecule has 0 amide bonds. The van der Waals surface area contributed by atoms with Crippen LogP contribution in [0.1, 0.15) is 139 Å². The second-order valence-electron chi connectivity index (χ2n) is 27.2. The molecule has 0 spiro atoms. The van der Waals surface area contributed by atoms with Gasteiger partial charge in [0.05, 0.1) is 84.8 Å². The molecule has 8 heteroatoms. The normalized spacial score (nSPS) is 13.2. The average molecular weight is 970 g/mol. The Labute approximate surface area is 430 Å². The summed E-state index contributed by atoms with van der Waals surface area (Å²) in [7, 11) is 25.8. The van der Waals surface area contributed by atoms with Crippen molar-refractivity contribution in [2.45, 2.75) is 145 Å². The third-order valence-corrected chi connectivity index (χ3v) is 14.1. The quantitative estimate of drug-likeness (QED) is 0.0931. The molecule has 0 atom stereocenters. The Kier molecular flexibility index (Phi) is 19.6. The van der Waals surface area contributed by atoms with Crippen LogP contribution in [0.3, 0.4) is 0 Å². The van der Waals surface area contributed by atoms with Gasteiger partial charge in [0.1, 0.15) is 75.4 Å². The van der Waals surface area contributed by atoms with Crippen molar-refractivity contribution in [3.63, 3.8) is 0 Å². The summed E-state index contributed by atoms with van der Waals surface area (Å²) in [6.45, 7) is 39.8. The second kappa shape index (κ2) is 22.8. The number of ether oxygens (including phenoxy) is 4. The van der Waals surface area contributed by atoms with Gasteiger partial charge in [-0.3, -0.25) is 0 Å². The van der Waals surface area contributed by atoms with E-state index in [1.54, 1.807) is 14.2 Å². The topological polar surface area (TPSA) is 36.9 Å². The van der Waals surface area contributed by atoms with Gasteiger partial charge in [-0.1, -0.05) is 119 Å². The van der Waals surface area contributed by atoms with Crippen molar-refractivity contribution in [3.8, 4) is 23.0 Å². The van der Waals surface area contributed by atoms with Gasteiger partial charge in [0.15, 0.2) is 0 Å². The average Bonchev–Trinajstić information content (AvgIpc) is 3.20. The summed E-state index contributed by atoms with van der Waals surface area (Å²) in [4.78, 5) is 0. The molecule has 0 radical (unpaired) electrons. The smallest absolute Gasteiger partial charge is 0.131 e. The molecule has 8 nitrogen and oxygen atoms in total. The molecule has 0 N–H and O–H groups in total. The van der Waals surface area contributed by atoms with Gasteiger partial charge < -0.3 is 36.9 Å². The highest BCUT2D eigenvalue weighted by atomic mass is 16.5. The zero-order valence-corrected chi connectivity index (χ0v) is 49.9. The number of para-hydroxylation sites is 2. The molecular formula is C62H104N4O4+4. The van der Waals surface area contributed by atoms with Gasteiger partial charge in [-0.2, -0.15) is 0 Å². The standard InChI is InChI=1S/C38H66N2O2.C24H38N2O2/c1-35(2,3)29-21-27(33(41-17)31(23-29)37(7,8)9)25-39(13,14)19-20-40(15,16)26-28-22-30(36(4,5)6)24-32(34(28)42-18)38(10,11)12;1-19-11-9-13-21(23(19)27-7)17-25(3,4)15-16-26(5,6)18-22-14-10-12-20(2)24(22)28-8/h21-24H,19-20,25-26H2,1-18H3;9-14H,15-18H2,1-8H3/q2*+2. The van der Waals surface area contributed by atoms with Crippen molar-refractivity contribution in [2.24, 2.45) is 0 Å². The molecule has 0 saturated carbocycles. The minimum absolute atomic E-state index is 0.00390. The van der Waals surface area contributed by atoms with E-state index >= 15 is 0 Å². The number of benzene rings is 4. The number of methoxy groups -OCH3 is 4. The summed E-state index contributed by atoms with van der Waals surface area (Å²) >= 11 is 0. The van der Waals surface area contributed by atoms with Crippen molar-refractivity contribution < 1.29 is 36.9 Å². The molecule has 0 saturated heterocycles. The lowest BCUT2D eigenvalue weighted by Gasteiger charge is -2.37. The highest BCUT2D eigenvalue weighted by Crippen LogP contribution is 2.41. The Hall–Kier alpha value is -4.08. The van der Waals surface area contributed by atoms with Crippen molar-refractivity contribution in [2.75, 3.05) is 111 Å². The van der Waals surface area contributed by atoms with E-state index < -0.39 is 0 Å². The Morgan fingerprint density at radius 2 is 0.600 bits per heavy atom. The Morgan fingerprint density at radius 3 is 0.829 bits per heavy atom. The second-order valence-corrected chi connectivity index (χ2v) is 27.2. The molecule has 0 aliphatic heterocycles. The number of rotatable bonds is 18. The number of hydrogen-bond acceptors (Lipinski definition) is 4. The van der Waals surface area contributed by atoms with Gasteiger partial charge in [0.25, 0.3) is 0 Å². The van der Waals surface area contributed by atoms with Crippen LogP contribution in [0, 0.1) is 13.8 Å². The minimum atomic E-state index is 0.00390. The van der Waals surface area contributed by atoms with Gasteiger partial charge in [-0.15, -0.1) is 0 Å². The third kappa shape index (κ3) is 17.0. The van der Waals surface area contributed by atoms with Gasteiger partial charge in [-0.25, -0.2) is 0 Å². The lowest BCUT2D eigenvalue weighted by atomic mass is 9.78. The fourth-order valence-electron chi connectivity index (χ4n) is 9.58. The van der Waals surface area contributed by atoms with Crippen molar-refractivity contribution in [1.29, 1.82) is 0 Å². The van der Waals surface area contributed by atoms with Crippen LogP contribution in [0.15, 0.2) is 60.7 Å². The summed E-state index contributed by atoms with van der Waals surface area (Å²) in [5.74, 6) is 4.14. The summed E-state index contributed by atoms with van der Waals surface area (Å²) in [6.07, 6.45) is 0. The summed E-state index contributed by atoms with van der Waals surface area (Å²) in [6, 6.07) is 22.4. The van der Waals surface area contributed by atoms with Crippen molar-refractivity contribution >= 4 is 0 Å². The van der Waals surface area contributed by atoms with Crippen molar-refractivity contribution in [1.82, 2.24) is 0 Å². The Balaban J connectivity index is 0.000000401. The van der Waals surface area contributed by atoms with Gasteiger partial charge >= 0.3 is 0 Å². The van der Waals surface area contributed by atoms with E-state index in [0.29, 0.717) is 0 Å². The molecule has 0 bridgehead atoms. The fourth-order valence-corrected chi connectivity index (χ4v) is 9.58. The van der Waals surface area contributed by atoms with Crippen LogP contribution in [-0.2, 0) is 47.8 Å². The molecule has 0 fully saturated rings. The highest BCUT2D eigenvalue weighted by molar-refractivity contribution is 5.51. The number of nitrogens with zero attached hydrogens (tertiary/aromatic N) is 4. The lowest BCUT2D eigenvalue weighted by Crippen LogP contribution is -2.50. The van der Waals surface area contributed by atoms with Crippen LogP contribution in [-0.4, -0.2) is 129 Å². The molecule has 392 valence electrons. The van der Waals surface area contributed by atoms with Crippen LogP contribution in [0.5, 0.6) is 23.0 Å². The monoisotopic (exact) mass is 969 g/mol. The third-order valence-electron chi connectivity index (χ3n) is 14.1. The highest BCUT2D eigenvalue weighted by Gasteiger charge is 2.33. The molecular weight excluding hydrogens is 865 g/mol. The Bertz CT molecular complexity index is 2180. The van der Waals surface area contributed by atoms with E-state index in [4.69, 9.17) is 18.9 Å². The molecule has 0 aliphatic rings. The zero-order chi connectivity index (χ0) is 53.6. The van der Waals surface area contributed by atoms with Crippen LogP contribution < -0.4 is 18.9 Å².